The van der Waals surface area contributed by atoms with Crippen LogP contribution in [0.3, 0.4) is 0 Å². The van der Waals surface area contributed by atoms with Crippen LogP contribution in [0.1, 0.15) is 47.8 Å². The summed E-state index contributed by atoms with van der Waals surface area (Å²) in [5, 5.41) is 63.2. The largest absolute Gasteiger partial charge is 0.508 e. The third-order valence-electron chi connectivity index (χ3n) is 10.1. The van der Waals surface area contributed by atoms with Crippen molar-refractivity contribution in [1.82, 2.24) is 0 Å². The molecule has 274 valence electrons. The van der Waals surface area contributed by atoms with E-state index in [1.807, 2.05) is 54.6 Å². The molecule has 0 bridgehead atoms. The van der Waals surface area contributed by atoms with Crippen molar-refractivity contribution in [2.75, 3.05) is 11.5 Å². The summed E-state index contributed by atoms with van der Waals surface area (Å²) in [4.78, 5) is 2.06. The van der Waals surface area contributed by atoms with Crippen LogP contribution in [0.4, 0.5) is 10.1 Å². The summed E-state index contributed by atoms with van der Waals surface area (Å²) in [7, 11) is 0. The number of aliphatic hydroxyl groups is 5. The van der Waals surface area contributed by atoms with E-state index in [1.54, 1.807) is 30.3 Å². The van der Waals surface area contributed by atoms with Gasteiger partial charge in [0.15, 0.2) is 0 Å². The number of rotatable bonds is 10. The number of anilines is 1. The summed E-state index contributed by atoms with van der Waals surface area (Å²) in [5.41, 5.74) is 6.41. The van der Waals surface area contributed by atoms with Gasteiger partial charge in [-0.05, 0) is 76.6 Å². The topological polar surface area (TPSA) is 134 Å². The highest BCUT2D eigenvalue weighted by Gasteiger charge is 2.44. The van der Waals surface area contributed by atoms with Gasteiger partial charge in [-0.3, -0.25) is 0 Å². The van der Waals surface area contributed by atoms with Crippen molar-refractivity contribution in [1.29, 1.82) is 0 Å². The minimum absolute atomic E-state index is 0.0748. The van der Waals surface area contributed by atoms with Gasteiger partial charge < -0.3 is 40.3 Å². The number of hydrogen-bond acceptors (Lipinski definition) is 9. The zero-order chi connectivity index (χ0) is 37.2. The molecule has 0 spiro atoms. The average molecular weight is 754 g/mol. The molecule has 7 rings (SSSR count). The minimum Gasteiger partial charge on any atom is -0.508 e. The number of aliphatic hydroxyl groups excluding tert-OH is 5. The molecule has 0 amide bonds. The summed E-state index contributed by atoms with van der Waals surface area (Å²) >= 11 is 7.50. The first-order chi connectivity index (χ1) is 25.6. The molecule has 0 saturated carbocycles. The molecule has 2 fully saturated rings. The molecule has 0 radical (unpaired) electrons. The fraction of sp³-hybridized carbons (Fsp3) is 0.262. The van der Waals surface area contributed by atoms with Gasteiger partial charge in [0.1, 0.15) is 46.4 Å². The number of thioether (sulfide) groups is 1. The first-order valence-electron chi connectivity index (χ1n) is 17.5. The van der Waals surface area contributed by atoms with E-state index in [9.17, 15) is 35.0 Å². The first kappa shape index (κ1) is 37.2. The summed E-state index contributed by atoms with van der Waals surface area (Å²) in [6, 6.07) is 36.3. The molecule has 11 heteroatoms. The molecule has 2 heterocycles. The second kappa shape index (κ2) is 16.1. The van der Waals surface area contributed by atoms with E-state index in [-0.39, 0.29) is 22.9 Å². The van der Waals surface area contributed by atoms with Crippen molar-refractivity contribution in [2.24, 2.45) is 0 Å². The van der Waals surface area contributed by atoms with Crippen LogP contribution >= 0.6 is 24.0 Å². The number of phenolic OH excluding ortho intramolecular Hbond substituents is 1. The molecule has 0 unspecified atom stereocenters. The normalized spacial score (nSPS) is 25.1. The van der Waals surface area contributed by atoms with Gasteiger partial charge in [-0.25, -0.2) is 4.39 Å². The molecule has 0 aromatic heterocycles. The van der Waals surface area contributed by atoms with E-state index in [2.05, 4.69) is 29.2 Å². The molecule has 8 nitrogen and oxygen atoms in total. The fourth-order valence-corrected chi connectivity index (χ4v) is 9.02. The number of halogens is 1. The fourth-order valence-electron chi connectivity index (χ4n) is 7.19. The van der Waals surface area contributed by atoms with Crippen LogP contribution in [0.15, 0.2) is 121 Å². The van der Waals surface area contributed by atoms with Gasteiger partial charge in [0, 0.05) is 16.5 Å². The highest BCUT2D eigenvalue weighted by molar-refractivity contribution is 8.24. The van der Waals surface area contributed by atoms with Crippen LogP contribution < -0.4 is 4.90 Å². The predicted octanol–water partition coefficient (Wildman–Crippen LogP) is 6.84. The average Bonchev–Trinajstić information content (AvgIpc) is 3.52. The second-order valence-corrected chi connectivity index (χ2v) is 15.3. The highest BCUT2D eigenvalue weighted by atomic mass is 32.2. The Balaban J connectivity index is 1.17. The van der Waals surface area contributed by atoms with Crippen molar-refractivity contribution in [3.05, 3.63) is 144 Å². The van der Waals surface area contributed by atoms with E-state index in [1.165, 1.54) is 23.9 Å². The van der Waals surface area contributed by atoms with E-state index in [0.717, 1.165) is 27.9 Å². The van der Waals surface area contributed by atoms with Crippen LogP contribution in [0.25, 0.3) is 22.3 Å². The molecule has 6 N–H and O–H groups in total. The van der Waals surface area contributed by atoms with Gasteiger partial charge in [0.25, 0.3) is 0 Å². The van der Waals surface area contributed by atoms with Crippen LogP contribution in [0.5, 0.6) is 5.75 Å². The summed E-state index contributed by atoms with van der Waals surface area (Å²) < 4.78 is 19.9. The van der Waals surface area contributed by atoms with Crippen LogP contribution in [-0.4, -0.2) is 71.2 Å². The van der Waals surface area contributed by atoms with Gasteiger partial charge in [-0.1, -0.05) is 115 Å². The number of phenols is 1. The Hall–Kier alpha value is -4.17. The monoisotopic (exact) mass is 753 g/mol. The van der Waals surface area contributed by atoms with Gasteiger partial charge in [0.2, 0.25) is 0 Å². The summed E-state index contributed by atoms with van der Waals surface area (Å²) in [6.07, 6.45) is -6.11. The van der Waals surface area contributed by atoms with E-state index >= 15 is 0 Å². The van der Waals surface area contributed by atoms with Gasteiger partial charge in [0.05, 0.1) is 18.8 Å². The van der Waals surface area contributed by atoms with Crippen LogP contribution in [0.2, 0.25) is 0 Å². The van der Waals surface area contributed by atoms with Crippen molar-refractivity contribution in [3.8, 4) is 28.0 Å². The van der Waals surface area contributed by atoms with Crippen molar-refractivity contribution in [3.63, 3.8) is 0 Å². The number of ether oxygens (including phenoxy) is 1. The molecule has 0 aliphatic carbocycles. The summed E-state index contributed by atoms with van der Waals surface area (Å²) in [5.74, 6) is -0.291. The third kappa shape index (κ3) is 7.75. The Morgan fingerprint density at radius 3 is 2.04 bits per heavy atom. The molecular formula is C42H40FNO7S2. The number of thiocarbonyl (C=S) groups is 1. The molecule has 2 aliphatic heterocycles. The lowest BCUT2D eigenvalue weighted by Crippen LogP contribution is -2.55. The Labute approximate surface area is 316 Å². The predicted molar refractivity (Wildman–Crippen MR) is 208 cm³/mol. The maximum Gasteiger partial charge on any atom is 0.141 e. The van der Waals surface area contributed by atoms with Crippen molar-refractivity contribution < 1.29 is 39.8 Å². The maximum absolute atomic E-state index is 13.6. The van der Waals surface area contributed by atoms with Crippen LogP contribution in [-0.2, 0) is 4.74 Å². The standard InChI is InChI=1S/C42H40FNO7S2/c43-30-15-10-27(11-16-30)33(46)20-21-36-37(44(42(52)53-36)31-17-12-25(13-18-31)24-4-2-1-3-5-24)32-19-14-29(22-34(32)47)26-6-8-28(9-7-26)41-40(50)39(49)38(48)35(23-45)51-41/h1-19,22,33,35-41,45-50H,20-21,23H2/t33-,35+,36-,37+,38+,39-,40+,41-/m0/s1. The van der Waals surface area contributed by atoms with Gasteiger partial charge in [-0.2, -0.15) is 0 Å². The summed E-state index contributed by atoms with van der Waals surface area (Å²) in [6.45, 7) is -0.512. The Kier molecular flexibility index (Phi) is 11.3. The van der Waals surface area contributed by atoms with Gasteiger partial charge >= 0.3 is 0 Å². The second-order valence-electron chi connectivity index (χ2n) is 13.4. The Morgan fingerprint density at radius 2 is 1.38 bits per heavy atom. The maximum atomic E-state index is 13.6. The molecule has 5 aromatic rings. The zero-order valence-electron chi connectivity index (χ0n) is 28.5. The Morgan fingerprint density at radius 1 is 0.755 bits per heavy atom. The molecular weight excluding hydrogens is 714 g/mol. The van der Waals surface area contributed by atoms with Crippen molar-refractivity contribution in [2.45, 2.75) is 60.8 Å². The molecule has 5 aromatic carbocycles. The number of aromatic hydroxyl groups is 1. The molecule has 2 aliphatic rings. The molecule has 2 saturated heterocycles. The third-order valence-corrected chi connectivity index (χ3v) is 11.8. The number of hydrogen-bond donors (Lipinski definition) is 6. The zero-order valence-corrected chi connectivity index (χ0v) is 30.2. The quantitative estimate of drug-likeness (QED) is 0.0843. The lowest BCUT2D eigenvalue weighted by atomic mass is 9.90. The van der Waals surface area contributed by atoms with E-state index in [0.29, 0.717) is 33.9 Å². The lowest BCUT2D eigenvalue weighted by Gasteiger charge is -2.40. The van der Waals surface area contributed by atoms with E-state index < -0.39 is 43.2 Å². The van der Waals surface area contributed by atoms with E-state index in [4.69, 9.17) is 17.0 Å². The highest BCUT2D eigenvalue weighted by Crippen LogP contribution is 2.50. The smallest absolute Gasteiger partial charge is 0.141 e. The Bertz CT molecular complexity index is 2020. The SMILES string of the molecule is OC[C@H]1O[C@@H](c2ccc(-c3ccc([C@@H]4[C@H](CC[C@H](O)c5ccc(F)cc5)SC(=S)N4c4ccc(-c5ccccc5)cc4)c(O)c3)cc2)[C@H](O)[C@@H](O)[C@@H]1O. The van der Waals surface area contributed by atoms with Gasteiger partial charge in [-0.15, -0.1) is 0 Å². The lowest BCUT2D eigenvalue weighted by molar-refractivity contribution is -0.231. The molecule has 8 atom stereocenters. The molecule has 53 heavy (non-hydrogen) atoms. The van der Waals surface area contributed by atoms with Crippen LogP contribution in [0, 0.1) is 5.82 Å². The first-order valence-corrected chi connectivity index (χ1v) is 18.7. The number of nitrogens with zero attached hydrogens (tertiary/aromatic N) is 1. The van der Waals surface area contributed by atoms with Crippen molar-refractivity contribution >= 4 is 34.0 Å². The number of benzene rings is 5. The minimum atomic E-state index is -1.48.